The molecular weight excluding hydrogens is 733 g/mol. The number of pyridine rings is 1. The number of rotatable bonds is 5. The molecule has 60 heavy (non-hydrogen) atoms. The summed E-state index contributed by atoms with van der Waals surface area (Å²) in [4.78, 5) is 20.3. The van der Waals surface area contributed by atoms with Gasteiger partial charge in [-0.1, -0.05) is 194 Å². The summed E-state index contributed by atoms with van der Waals surface area (Å²) < 4.78 is 6.59. The second kappa shape index (κ2) is 13.5. The van der Waals surface area contributed by atoms with Crippen molar-refractivity contribution in [1.29, 1.82) is 0 Å². The first-order valence-electron chi connectivity index (χ1n) is 20.2. The Kier molecular flexibility index (Phi) is 7.69. The van der Waals surface area contributed by atoms with Crippen LogP contribution in [0.4, 0.5) is 0 Å². The molecular formula is C55H34N4O. The third-order valence-electron chi connectivity index (χ3n) is 12.0. The van der Waals surface area contributed by atoms with E-state index in [9.17, 15) is 0 Å². The van der Waals surface area contributed by atoms with Crippen LogP contribution in [0.1, 0.15) is 22.3 Å². The molecule has 1 spiro atoms. The van der Waals surface area contributed by atoms with Crippen LogP contribution >= 0.6 is 0 Å². The molecule has 10 aromatic rings. The summed E-state index contributed by atoms with van der Waals surface area (Å²) in [5.74, 6) is 3.67. The molecule has 0 atom stereocenters. The quantitative estimate of drug-likeness (QED) is 0.175. The lowest BCUT2D eigenvalue weighted by atomic mass is 9.65. The molecule has 0 N–H and O–H groups in total. The zero-order chi connectivity index (χ0) is 39.6. The first-order valence-corrected chi connectivity index (χ1v) is 20.2. The second-order valence-electron chi connectivity index (χ2n) is 15.3. The molecule has 0 fully saturated rings. The van der Waals surface area contributed by atoms with Gasteiger partial charge in [0.2, 0.25) is 0 Å². The molecule has 1 aliphatic heterocycles. The van der Waals surface area contributed by atoms with Crippen molar-refractivity contribution in [3.05, 3.63) is 229 Å². The lowest BCUT2D eigenvalue weighted by Gasteiger charge is -2.39. The molecule has 8 aromatic carbocycles. The predicted molar refractivity (Wildman–Crippen MR) is 240 cm³/mol. The van der Waals surface area contributed by atoms with E-state index < -0.39 is 5.41 Å². The number of hydrogen-bond acceptors (Lipinski definition) is 5. The SMILES string of the molecule is c1ccc(-c2nc(-c3ccccc3)nc(-c3ccc(-c4ccc(-c5nc6c(c7ccccc57)C5(c7ccccc7Oc7ccccc75)c5ccccc5-6)cc4)cc3)n2)cc1. The maximum atomic E-state index is 6.59. The van der Waals surface area contributed by atoms with E-state index in [4.69, 9.17) is 24.7 Å². The summed E-state index contributed by atoms with van der Waals surface area (Å²) in [6, 6.07) is 71.9. The maximum Gasteiger partial charge on any atom is 0.164 e. The molecule has 0 amide bonds. The summed E-state index contributed by atoms with van der Waals surface area (Å²) in [5.41, 5.74) is 13.3. The summed E-state index contributed by atoms with van der Waals surface area (Å²) in [7, 11) is 0. The fourth-order valence-electron chi connectivity index (χ4n) is 9.33. The molecule has 0 bridgehead atoms. The van der Waals surface area contributed by atoms with Gasteiger partial charge in [0.05, 0.1) is 16.8 Å². The van der Waals surface area contributed by atoms with Crippen molar-refractivity contribution in [2.24, 2.45) is 0 Å². The number of para-hydroxylation sites is 2. The van der Waals surface area contributed by atoms with Crippen LogP contribution in [0, 0.1) is 0 Å². The van der Waals surface area contributed by atoms with Crippen LogP contribution in [-0.4, -0.2) is 19.9 Å². The van der Waals surface area contributed by atoms with Gasteiger partial charge in [-0.15, -0.1) is 0 Å². The number of ether oxygens (including phenoxy) is 1. The van der Waals surface area contributed by atoms with Crippen molar-refractivity contribution in [3.8, 4) is 79.3 Å². The van der Waals surface area contributed by atoms with E-state index in [0.717, 1.165) is 78.3 Å². The average Bonchev–Trinajstić information content (AvgIpc) is 3.62. The van der Waals surface area contributed by atoms with Gasteiger partial charge < -0.3 is 4.74 Å². The minimum Gasteiger partial charge on any atom is -0.457 e. The molecule has 0 saturated heterocycles. The minimum absolute atomic E-state index is 0.591. The van der Waals surface area contributed by atoms with Gasteiger partial charge in [-0.25, -0.2) is 19.9 Å². The van der Waals surface area contributed by atoms with Crippen LogP contribution in [0.2, 0.25) is 0 Å². The predicted octanol–water partition coefficient (Wildman–Crippen LogP) is 13.2. The van der Waals surface area contributed by atoms with Gasteiger partial charge in [-0.05, 0) is 34.2 Å². The topological polar surface area (TPSA) is 60.8 Å². The molecule has 12 rings (SSSR count). The van der Waals surface area contributed by atoms with Gasteiger partial charge in [0.1, 0.15) is 11.5 Å². The number of hydrogen-bond donors (Lipinski definition) is 0. The Labute approximate surface area is 347 Å². The highest BCUT2D eigenvalue weighted by atomic mass is 16.5. The normalized spacial score (nSPS) is 12.9. The summed E-state index contributed by atoms with van der Waals surface area (Å²) in [6.07, 6.45) is 0. The van der Waals surface area contributed by atoms with Crippen LogP contribution in [0.3, 0.4) is 0 Å². The number of nitrogens with zero attached hydrogens (tertiary/aromatic N) is 4. The summed E-state index contributed by atoms with van der Waals surface area (Å²) >= 11 is 0. The highest BCUT2D eigenvalue weighted by Crippen LogP contribution is 2.63. The monoisotopic (exact) mass is 766 g/mol. The van der Waals surface area contributed by atoms with Crippen molar-refractivity contribution >= 4 is 10.8 Å². The van der Waals surface area contributed by atoms with Crippen molar-refractivity contribution in [1.82, 2.24) is 19.9 Å². The Morgan fingerprint density at radius 3 is 1.28 bits per heavy atom. The lowest BCUT2D eigenvalue weighted by Crippen LogP contribution is -2.32. The first kappa shape index (κ1) is 34.1. The van der Waals surface area contributed by atoms with E-state index in [1.165, 1.54) is 16.5 Å². The van der Waals surface area contributed by atoms with E-state index >= 15 is 0 Å². The van der Waals surface area contributed by atoms with Gasteiger partial charge in [-0.2, -0.15) is 0 Å². The molecule has 2 aromatic heterocycles. The molecule has 5 nitrogen and oxygen atoms in total. The molecule has 5 heteroatoms. The van der Waals surface area contributed by atoms with Crippen LogP contribution in [0.5, 0.6) is 11.5 Å². The van der Waals surface area contributed by atoms with E-state index in [1.54, 1.807) is 0 Å². The Morgan fingerprint density at radius 2 is 0.717 bits per heavy atom. The Hall–Kier alpha value is -8.02. The molecule has 0 unspecified atom stereocenters. The largest absolute Gasteiger partial charge is 0.457 e. The van der Waals surface area contributed by atoms with Crippen molar-refractivity contribution in [2.75, 3.05) is 0 Å². The number of aromatic nitrogens is 4. The summed E-state index contributed by atoms with van der Waals surface area (Å²) in [5, 5.41) is 2.30. The zero-order valence-electron chi connectivity index (χ0n) is 32.3. The van der Waals surface area contributed by atoms with Gasteiger partial charge in [0.15, 0.2) is 17.5 Å². The highest BCUT2D eigenvalue weighted by molar-refractivity contribution is 6.05. The smallest absolute Gasteiger partial charge is 0.164 e. The third-order valence-corrected chi connectivity index (χ3v) is 12.0. The first-order chi connectivity index (χ1) is 29.7. The molecule has 0 radical (unpaired) electrons. The van der Waals surface area contributed by atoms with Gasteiger partial charge in [-0.3, -0.25) is 0 Å². The van der Waals surface area contributed by atoms with Gasteiger partial charge >= 0.3 is 0 Å². The third kappa shape index (κ3) is 5.19. The Balaban J connectivity index is 0.950. The average molecular weight is 767 g/mol. The fourth-order valence-corrected chi connectivity index (χ4v) is 9.33. The van der Waals surface area contributed by atoms with E-state index in [0.29, 0.717) is 17.5 Å². The van der Waals surface area contributed by atoms with Crippen LogP contribution in [0.15, 0.2) is 206 Å². The highest BCUT2D eigenvalue weighted by Gasteiger charge is 2.52. The molecule has 2 aliphatic rings. The molecule has 280 valence electrons. The standard InChI is InChI=1S/C55H34N4O/c1-3-15-38(16-4-1)52-57-53(39-17-5-2-6-18-39)59-54(58-52)40-33-29-36(30-34-40)35-27-31-37(32-28-35)50-42-20-8-7-19-41(42)49-51(56-50)43-21-9-10-22-44(43)55(49)45-23-11-13-25-47(45)60-48-26-14-12-24-46(48)55/h1-34H. The molecule has 0 saturated carbocycles. The molecule has 3 heterocycles. The number of benzene rings is 8. The van der Waals surface area contributed by atoms with Crippen LogP contribution in [0.25, 0.3) is 78.6 Å². The van der Waals surface area contributed by atoms with Gasteiger partial charge in [0, 0.05) is 49.9 Å². The fraction of sp³-hybridized carbons (Fsp3) is 0.0182. The minimum atomic E-state index is -0.591. The molecule has 1 aliphatic carbocycles. The van der Waals surface area contributed by atoms with E-state index in [-0.39, 0.29) is 0 Å². The number of fused-ring (bicyclic) bond motifs is 11. The zero-order valence-corrected chi connectivity index (χ0v) is 32.3. The van der Waals surface area contributed by atoms with Crippen molar-refractivity contribution < 1.29 is 4.74 Å². The van der Waals surface area contributed by atoms with Gasteiger partial charge in [0.25, 0.3) is 0 Å². The Morgan fingerprint density at radius 1 is 0.300 bits per heavy atom. The van der Waals surface area contributed by atoms with E-state index in [2.05, 4.69) is 146 Å². The maximum absolute atomic E-state index is 6.59. The van der Waals surface area contributed by atoms with Crippen LogP contribution < -0.4 is 4.74 Å². The second-order valence-corrected chi connectivity index (χ2v) is 15.3. The van der Waals surface area contributed by atoms with Crippen molar-refractivity contribution in [2.45, 2.75) is 5.41 Å². The van der Waals surface area contributed by atoms with Crippen molar-refractivity contribution in [3.63, 3.8) is 0 Å². The van der Waals surface area contributed by atoms with E-state index in [1.807, 2.05) is 60.7 Å². The lowest BCUT2D eigenvalue weighted by molar-refractivity contribution is 0.437. The van der Waals surface area contributed by atoms with Crippen LogP contribution in [-0.2, 0) is 5.41 Å². The Bertz CT molecular complexity index is 3170. The summed E-state index contributed by atoms with van der Waals surface area (Å²) in [6.45, 7) is 0.